The summed E-state index contributed by atoms with van der Waals surface area (Å²) < 4.78 is 0. The van der Waals surface area contributed by atoms with E-state index in [1.807, 2.05) is 18.2 Å². The third kappa shape index (κ3) is 8.01. The molecule has 0 saturated heterocycles. The van der Waals surface area contributed by atoms with Gasteiger partial charge in [0, 0.05) is 5.69 Å². The Balaban J connectivity index is 0.000000288. The Morgan fingerprint density at radius 3 is 2.27 bits per heavy atom. The predicted molar refractivity (Wildman–Crippen MR) is 69.1 cm³/mol. The highest BCUT2D eigenvalue weighted by Crippen LogP contribution is 2.05. The van der Waals surface area contributed by atoms with Crippen molar-refractivity contribution in [1.82, 2.24) is 5.32 Å². The molecule has 0 aliphatic rings. The van der Waals surface area contributed by atoms with Gasteiger partial charge in [-0.05, 0) is 43.6 Å². The Bertz CT molecular complexity index is 242. The van der Waals surface area contributed by atoms with Crippen molar-refractivity contribution in [1.29, 1.82) is 0 Å². The number of aryl methyl sites for hydroxylation is 1. The first-order chi connectivity index (χ1) is 7.24. The standard InChI is InChI=1S/C8H11N.C5H13N/c1-2-7-4-3-5-8(9)6-7;1-3-5-6-4-2/h3-6H,2,9H2,1H3;6H,3-5H2,1-2H3. The normalized spacial score (nSPS) is 9.27. The Morgan fingerprint density at radius 1 is 1.20 bits per heavy atom. The molecule has 2 heteroatoms. The minimum Gasteiger partial charge on any atom is -0.399 e. The van der Waals surface area contributed by atoms with Gasteiger partial charge in [-0.25, -0.2) is 0 Å². The molecule has 0 fully saturated rings. The molecule has 0 heterocycles. The van der Waals surface area contributed by atoms with Crippen LogP contribution in [0.15, 0.2) is 24.3 Å². The van der Waals surface area contributed by atoms with Crippen LogP contribution in [0.4, 0.5) is 5.69 Å². The van der Waals surface area contributed by atoms with E-state index in [1.54, 1.807) is 0 Å². The Kier molecular flexibility index (Phi) is 8.88. The smallest absolute Gasteiger partial charge is 0.0316 e. The van der Waals surface area contributed by atoms with Gasteiger partial charge >= 0.3 is 0 Å². The molecule has 2 nitrogen and oxygen atoms in total. The monoisotopic (exact) mass is 208 g/mol. The van der Waals surface area contributed by atoms with Gasteiger partial charge in [-0.1, -0.05) is 32.9 Å². The maximum absolute atomic E-state index is 5.53. The number of hydrogen-bond donors (Lipinski definition) is 2. The van der Waals surface area contributed by atoms with Crippen molar-refractivity contribution >= 4 is 5.69 Å². The fraction of sp³-hybridized carbons (Fsp3) is 0.538. The van der Waals surface area contributed by atoms with Gasteiger partial charge in [0.05, 0.1) is 0 Å². The van der Waals surface area contributed by atoms with E-state index < -0.39 is 0 Å². The van der Waals surface area contributed by atoms with Crippen LogP contribution in [0.3, 0.4) is 0 Å². The topological polar surface area (TPSA) is 38.0 Å². The second kappa shape index (κ2) is 9.53. The number of nitrogen functional groups attached to an aromatic ring is 1. The van der Waals surface area contributed by atoms with E-state index in [-0.39, 0.29) is 0 Å². The van der Waals surface area contributed by atoms with Gasteiger partial charge in [-0.2, -0.15) is 0 Å². The average Bonchev–Trinajstić information content (AvgIpc) is 2.27. The number of nitrogens with one attached hydrogen (secondary N) is 1. The number of benzene rings is 1. The lowest BCUT2D eigenvalue weighted by molar-refractivity contribution is 0.703. The van der Waals surface area contributed by atoms with Crippen molar-refractivity contribution in [2.75, 3.05) is 18.8 Å². The van der Waals surface area contributed by atoms with Gasteiger partial charge < -0.3 is 11.1 Å². The van der Waals surface area contributed by atoms with Gasteiger partial charge in [0.1, 0.15) is 0 Å². The molecular formula is C13H24N2. The zero-order chi connectivity index (χ0) is 11.5. The van der Waals surface area contributed by atoms with Crippen LogP contribution in [0.25, 0.3) is 0 Å². The fourth-order valence-corrected chi connectivity index (χ4v) is 1.17. The van der Waals surface area contributed by atoms with Gasteiger partial charge in [0.2, 0.25) is 0 Å². The van der Waals surface area contributed by atoms with Crippen LogP contribution >= 0.6 is 0 Å². The first kappa shape index (κ1) is 14.0. The molecule has 1 aromatic carbocycles. The van der Waals surface area contributed by atoms with E-state index >= 15 is 0 Å². The summed E-state index contributed by atoms with van der Waals surface area (Å²) >= 11 is 0. The molecule has 1 rings (SSSR count). The summed E-state index contributed by atoms with van der Waals surface area (Å²) in [5.41, 5.74) is 7.69. The Hall–Kier alpha value is -1.02. The number of rotatable bonds is 4. The summed E-state index contributed by atoms with van der Waals surface area (Å²) in [5, 5.41) is 3.20. The summed E-state index contributed by atoms with van der Waals surface area (Å²) in [7, 11) is 0. The third-order valence-corrected chi connectivity index (χ3v) is 2.04. The highest BCUT2D eigenvalue weighted by molar-refractivity contribution is 5.40. The zero-order valence-corrected chi connectivity index (χ0v) is 10.2. The summed E-state index contributed by atoms with van der Waals surface area (Å²) in [6.45, 7) is 8.68. The molecule has 0 amide bonds. The average molecular weight is 208 g/mol. The quantitative estimate of drug-likeness (QED) is 0.590. The molecular weight excluding hydrogens is 184 g/mol. The molecule has 0 bridgehead atoms. The predicted octanol–water partition coefficient (Wildman–Crippen LogP) is 2.84. The van der Waals surface area contributed by atoms with Gasteiger partial charge in [0.15, 0.2) is 0 Å². The van der Waals surface area contributed by atoms with Crippen molar-refractivity contribution in [3.05, 3.63) is 29.8 Å². The Morgan fingerprint density at radius 2 is 1.93 bits per heavy atom. The van der Waals surface area contributed by atoms with Crippen LogP contribution in [-0.4, -0.2) is 13.1 Å². The molecule has 0 aliphatic heterocycles. The fourth-order valence-electron chi connectivity index (χ4n) is 1.17. The summed E-state index contributed by atoms with van der Waals surface area (Å²) in [6.07, 6.45) is 2.30. The minimum absolute atomic E-state index is 0.856. The molecule has 1 aromatic rings. The number of nitrogens with two attached hydrogens (primary N) is 1. The van der Waals surface area contributed by atoms with Crippen molar-refractivity contribution in [3.8, 4) is 0 Å². The first-order valence-corrected chi connectivity index (χ1v) is 5.79. The van der Waals surface area contributed by atoms with Gasteiger partial charge in [0.25, 0.3) is 0 Å². The molecule has 0 radical (unpaired) electrons. The highest BCUT2D eigenvalue weighted by atomic mass is 14.8. The van der Waals surface area contributed by atoms with Gasteiger partial charge in [-0.15, -0.1) is 0 Å². The summed E-state index contributed by atoms with van der Waals surface area (Å²) in [5.74, 6) is 0. The first-order valence-electron chi connectivity index (χ1n) is 5.79. The van der Waals surface area contributed by atoms with Crippen LogP contribution in [0.5, 0.6) is 0 Å². The molecule has 0 saturated carbocycles. The minimum atomic E-state index is 0.856. The lowest BCUT2D eigenvalue weighted by Crippen LogP contribution is -2.12. The highest BCUT2D eigenvalue weighted by Gasteiger charge is 1.86. The van der Waals surface area contributed by atoms with E-state index in [0.717, 1.165) is 25.2 Å². The van der Waals surface area contributed by atoms with Crippen molar-refractivity contribution in [3.63, 3.8) is 0 Å². The number of hydrogen-bond acceptors (Lipinski definition) is 2. The summed E-state index contributed by atoms with van der Waals surface area (Å²) in [6, 6.07) is 7.96. The number of anilines is 1. The van der Waals surface area contributed by atoms with E-state index in [1.165, 1.54) is 12.0 Å². The summed E-state index contributed by atoms with van der Waals surface area (Å²) in [4.78, 5) is 0. The van der Waals surface area contributed by atoms with Crippen molar-refractivity contribution < 1.29 is 0 Å². The van der Waals surface area contributed by atoms with Crippen molar-refractivity contribution in [2.45, 2.75) is 33.6 Å². The van der Waals surface area contributed by atoms with Crippen molar-refractivity contribution in [2.24, 2.45) is 0 Å². The second-order valence-corrected chi connectivity index (χ2v) is 3.45. The van der Waals surface area contributed by atoms with E-state index in [9.17, 15) is 0 Å². The van der Waals surface area contributed by atoms with Crippen LogP contribution in [0, 0.1) is 0 Å². The lowest BCUT2D eigenvalue weighted by Gasteiger charge is -1.95. The van der Waals surface area contributed by atoms with Crippen LogP contribution in [0.1, 0.15) is 32.8 Å². The molecule has 0 aromatic heterocycles. The van der Waals surface area contributed by atoms with Crippen LogP contribution < -0.4 is 11.1 Å². The molecule has 86 valence electrons. The largest absolute Gasteiger partial charge is 0.399 e. The molecule has 0 aliphatic carbocycles. The molecule has 0 spiro atoms. The maximum Gasteiger partial charge on any atom is 0.0316 e. The maximum atomic E-state index is 5.53. The molecule has 0 atom stereocenters. The van der Waals surface area contributed by atoms with E-state index in [4.69, 9.17) is 5.73 Å². The lowest BCUT2D eigenvalue weighted by atomic mass is 10.1. The van der Waals surface area contributed by atoms with E-state index in [2.05, 4.69) is 32.2 Å². The van der Waals surface area contributed by atoms with Gasteiger partial charge in [-0.3, -0.25) is 0 Å². The van der Waals surface area contributed by atoms with E-state index in [0.29, 0.717) is 0 Å². The second-order valence-electron chi connectivity index (χ2n) is 3.45. The van der Waals surface area contributed by atoms with Crippen LogP contribution in [0.2, 0.25) is 0 Å². The third-order valence-electron chi connectivity index (χ3n) is 2.04. The molecule has 0 unspecified atom stereocenters. The zero-order valence-electron chi connectivity index (χ0n) is 10.2. The van der Waals surface area contributed by atoms with Crippen LogP contribution in [-0.2, 0) is 6.42 Å². The Labute approximate surface area is 93.9 Å². The SMILES string of the molecule is CCCNCC.CCc1cccc(N)c1. The molecule has 3 N–H and O–H groups in total. The molecule has 15 heavy (non-hydrogen) atoms.